The highest BCUT2D eigenvalue weighted by atomic mass is 32.1. The molecule has 16 heavy (non-hydrogen) atoms. The molecule has 1 fully saturated rings. The number of aliphatic carboxylic acids is 1. The van der Waals surface area contributed by atoms with Gasteiger partial charge in [0, 0.05) is 5.92 Å². The largest absolute Gasteiger partial charge is 0.481 e. The first-order valence-corrected chi connectivity index (χ1v) is 6.38. The van der Waals surface area contributed by atoms with Crippen LogP contribution in [0.2, 0.25) is 0 Å². The van der Waals surface area contributed by atoms with E-state index < -0.39 is 11.9 Å². The summed E-state index contributed by atoms with van der Waals surface area (Å²) in [6.07, 6.45) is 3.24. The third kappa shape index (κ3) is 2.16. The molecule has 2 atom stereocenters. The molecule has 0 unspecified atom stereocenters. The van der Waals surface area contributed by atoms with Crippen molar-refractivity contribution >= 4 is 23.1 Å². The van der Waals surface area contributed by atoms with Gasteiger partial charge in [0.15, 0.2) is 5.78 Å². The molecule has 0 aromatic carbocycles. The number of hydrogen-bond acceptors (Lipinski definition) is 3. The van der Waals surface area contributed by atoms with Crippen LogP contribution in [0, 0.1) is 11.8 Å². The SMILES string of the molecule is O=C(c1cccs1)[C@H]1CCCC[C@H]1C(=O)O. The Hall–Kier alpha value is -1.16. The van der Waals surface area contributed by atoms with E-state index in [2.05, 4.69) is 0 Å². The number of carbonyl (C=O) groups excluding carboxylic acids is 1. The van der Waals surface area contributed by atoms with Crippen molar-refractivity contribution in [3.05, 3.63) is 22.4 Å². The van der Waals surface area contributed by atoms with E-state index in [9.17, 15) is 9.59 Å². The van der Waals surface area contributed by atoms with Crippen molar-refractivity contribution < 1.29 is 14.7 Å². The zero-order valence-corrected chi connectivity index (χ0v) is 9.70. The van der Waals surface area contributed by atoms with Crippen LogP contribution in [0.15, 0.2) is 17.5 Å². The number of Topliss-reactive ketones (excluding diaryl/α,β-unsaturated/α-hetero) is 1. The number of carboxylic acids is 1. The van der Waals surface area contributed by atoms with Gasteiger partial charge in [0.2, 0.25) is 0 Å². The highest BCUT2D eigenvalue weighted by Crippen LogP contribution is 2.33. The van der Waals surface area contributed by atoms with Crippen LogP contribution < -0.4 is 0 Å². The Balaban J connectivity index is 2.17. The van der Waals surface area contributed by atoms with E-state index in [0.29, 0.717) is 17.7 Å². The fraction of sp³-hybridized carbons (Fsp3) is 0.500. The van der Waals surface area contributed by atoms with Crippen LogP contribution in [-0.4, -0.2) is 16.9 Å². The summed E-state index contributed by atoms with van der Waals surface area (Å²) in [5, 5.41) is 11.0. The highest BCUT2D eigenvalue weighted by Gasteiger charge is 2.36. The van der Waals surface area contributed by atoms with Gasteiger partial charge in [0.25, 0.3) is 0 Å². The van der Waals surface area contributed by atoms with Crippen molar-refractivity contribution in [1.82, 2.24) is 0 Å². The molecule has 2 rings (SSSR count). The summed E-state index contributed by atoms with van der Waals surface area (Å²) in [5.74, 6) is -1.61. The minimum absolute atomic E-state index is 0.0158. The van der Waals surface area contributed by atoms with Gasteiger partial charge in [0.05, 0.1) is 10.8 Å². The van der Waals surface area contributed by atoms with Gasteiger partial charge in [-0.25, -0.2) is 0 Å². The molecule has 4 heteroatoms. The van der Waals surface area contributed by atoms with Gasteiger partial charge >= 0.3 is 5.97 Å². The van der Waals surface area contributed by atoms with E-state index in [-0.39, 0.29) is 11.7 Å². The molecule has 1 aliphatic carbocycles. The number of thiophene rings is 1. The second-order valence-electron chi connectivity index (χ2n) is 4.18. The summed E-state index contributed by atoms with van der Waals surface area (Å²) < 4.78 is 0. The summed E-state index contributed by atoms with van der Waals surface area (Å²) in [7, 11) is 0. The maximum Gasteiger partial charge on any atom is 0.307 e. The highest BCUT2D eigenvalue weighted by molar-refractivity contribution is 7.12. The average molecular weight is 238 g/mol. The normalized spacial score (nSPS) is 25.2. The number of hydrogen-bond donors (Lipinski definition) is 1. The maximum absolute atomic E-state index is 12.1. The van der Waals surface area contributed by atoms with Gasteiger partial charge in [-0.2, -0.15) is 0 Å². The molecule has 0 spiro atoms. The Bertz CT molecular complexity index is 383. The molecule has 86 valence electrons. The standard InChI is InChI=1S/C12H14O3S/c13-11(10-6-3-7-16-10)8-4-1-2-5-9(8)12(14)15/h3,6-9H,1-2,4-5H2,(H,14,15)/t8-,9+/m0/s1. The maximum atomic E-state index is 12.1. The van der Waals surface area contributed by atoms with Crippen molar-refractivity contribution in [1.29, 1.82) is 0 Å². The summed E-state index contributed by atoms with van der Waals surface area (Å²) >= 11 is 1.40. The molecule has 1 aromatic rings. The van der Waals surface area contributed by atoms with E-state index in [0.717, 1.165) is 12.8 Å². The van der Waals surface area contributed by atoms with Crippen molar-refractivity contribution in [3.63, 3.8) is 0 Å². The molecule has 0 radical (unpaired) electrons. The Morgan fingerprint density at radius 2 is 1.94 bits per heavy atom. The molecule has 1 saturated carbocycles. The van der Waals surface area contributed by atoms with Crippen LogP contribution >= 0.6 is 11.3 Å². The molecular formula is C12H14O3S. The molecule has 1 heterocycles. The average Bonchev–Trinajstić information content (AvgIpc) is 2.81. The summed E-state index contributed by atoms with van der Waals surface area (Å²) in [6, 6.07) is 3.61. The van der Waals surface area contributed by atoms with Crippen LogP contribution in [0.3, 0.4) is 0 Å². The van der Waals surface area contributed by atoms with Gasteiger partial charge in [-0.15, -0.1) is 11.3 Å². The lowest BCUT2D eigenvalue weighted by atomic mass is 9.76. The molecule has 0 saturated heterocycles. The third-order valence-electron chi connectivity index (χ3n) is 3.18. The number of carboxylic acid groups (broad SMARTS) is 1. The molecule has 0 bridgehead atoms. The monoisotopic (exact) mass is 238 g/mol. The lowest BCUT2D eigenvalue weighted by Gasteiger charge is -2.26. The lowest BCUT2D eigenvalue weighted by molar-refractivity contribution is -0.144. The molecule has 1 aromatic heterocycles. The number of ketones is 1. The number of carbonyl (C=O) groups is 2. The van der Waals surface area contributed by atoms with E-state index in [1.165, 1.54) is 11.3 Å². The minimum Gasteiger partial charge on any atom is -0.481 e. The minimum atomic E-state index is -0.824. The lowest BCUT2D eigenvalue weighted by Crippen LogP contribution is -2.32. The van der Waals surface area contributed by atoms with Crippen molar-refractivity contribution in [2.24, 2.45) is 11.8 Å². The second kappa shape index (κ2) is 4.78. The predicted octanol–water partition coefficient (Wildman–Crippen LogP) is 2.82. The van der Waals surface area contributed by atoms with Crippen LogP contribution in [0.5, 0.6) is 0 Å². The van der Waals surface area contributed by atoms with E-state index in [1.807, 2.05) is 11.4 Å². The summed E-state index contributed by atoms with van der Waals surface area (Å²) in [5.41, 5.74) is 0. The van der Waals surface area contributed by atoms with E-state index in [1.54, 1.807) is 6.07 Å². The smallest absolute Gasteiger partial charge is 0.307 e. The first-order chi connectivity index (χ1) is 7.70. The molecular weight excluding hydrogens is 224 g/mol. The van der Waals surface area contributed by atoms with Gasteiger partial charge in [-0.3, -0.25) is 9.59 Å². The van der Waals surface area contributed by atoms with E-state index >= 15 is 0 Å². The molecule has 3 nitrogen and oxygen atoms in total. The summed E-state index contributed by atoms with van der Waals surface area (Å²) in [6.45, 7) is 0. The van der Waals surface area contributed by atoms with Crippen LogP contribution in [0.1, 0.15) is 35.4 Å². The van der Waals surface area contributed by atoms with Crippen molar-refractivity contribution in [3.8, 4) is 0 Å². The zero-order chi connectivity index (χ0) is 11.5. The Kier molecular flexibility index (Phi) is 3.39. The van der Waals surface area contributed by atoms with Crippen LogP contribution in [0.25, 0.3) is 0 Å². The van der Waals surface area contributed by atoms with Crippen molar-refractivity contribution in [2.75, 3.05) is 0 Å². The molecule has 0 aliphatic heterocycles. The third-order valence-corrected chi connectivity index (χ3v) is 4.07. The van der Waals surface area contributed by atoms with Gasteiger partial charge in [0.1, 0.15) is 0 Å². The molecule has 1 aliphatic rings. The van der Waals surface area contributed by atoms with E-state index in [4.69, 9.17) is 5.11 Å². The quantitative estimate of drug-likeness (QED) is 0.824. The fourth-order valence-corrected chi connectivity index (χ4v) is 3.07. The Labute approximate surface area is 98.1 Å². The van der Waals surface area contributed by atoms with Gasteiger partial charge in [-0.1, -0.05) is 18.9 Å². The topological polar surface area (TPSA) is 54.4 Å². The van der Waals surface area contributed by atoms with Crippen LogP contribution in [-0.2, 0) is 4.79 Å². The van der Waals surface area contributed by atoms with Crippen molar-refractivity contribution in [2.45, 2.75) is 25.7 Å². The van der Waals surface area contributed by atoms with Crippen LogP contribution in [0.4, 0.5) is 0 Å². The molecule has 1 N–H and O–H groups in total. The van der Waals surface area contributed by atoms with Gasteiger partial charge in [-0.05, 0) is 24.3 Å². The Morgan fingerprint density at radius 3 is 2.50 bits per heavy atom. The first kappa shape index (κ1) is 11.3. The number of rotatable bonds is 3. The summed E-state index contributed by atoms with van der Waals surface area (Å²) in [4.78, 5) is 23.9. The Morgan fingerprint density at radius 1 is 1.25 bits per heavy atom. The molecule has 0 amide bonds. The first-order valence-electron chi connectivity index (χ1n) is 5.50. The zero-order valence-electron chi connectivity index (χ0n) is 8.89. The van der Waals surface area contributed by atoms with Gasteiger partial charge < -0.3 is 5.11 Å². The fourth-order valence-electron chi connectivity index (χ4n) is 2.34. The second-order valence-corrected chi connectivity index (χ2v) is 5.12. The predicted molar refractivity (Wildman–Crippen MR) is 61.7 cm³/mol.